The van der Waals surface area contributed by atoms with Gasteiger partial charge in [-0.05, 0) is 24.3 Å². The van der Waals surface area contributed by atoms with Gasteiger partial charge in [-0.1, -0.05) is 24.3 Å². The molecule has 2 amide bonds. The van der Waals surface area contributed by atoms with Crippen LogP contribution in [0.2, 0.25) is 0 Å². The lowest BCUT2D eigenvalue weighted by Gasteiger charge is -2.04. The van der Waals surface area contributed by atoms with Crippen LogP contribution in [-0.2, 0) is 0 Å². The number of carbonyl (C=O) groups is 2. The van der Waals surface area contributed by atoms with E-state index in [1.54, 1.807) is 24.3 Å². The maximum Gasteiger partial charge on any atom is 0.252 e. The Hall–Kier alpha value is -4.40. The van der Waals surface area contributed by atoms with Gasteiger partial charge >= 0.3 is 0 Å². The highest BCUT2D eigenvalue weighted by molar-refractivity contribution is 6.26. The number of fused-ring (bicyclic) bond motifs is 1. The Labute approximate surface area is 165 Å². The van der Waals surface area contributed by atoms with Gasteiger partial charge in [-0.15, -0.1) is 0 Å². The Kier molecular flexibility index (Phi) is 4.54. The lowest BCUT2D eigenvalue weighted by molar-refractivity contribution is 0.0992. The standard InChI is InChI=1S/C20H15N7O2/c21-15(28)13-7-3-9-23-17(13)25-19-11-5-1-2-6-12(11)20(27-19)26-18-14(16(22)29)8-4-10-24-18/h1-10H,(H2,21,28)(H2,22,29)(H,23,24,25,26,27). The fourth-order valence-electron chi connectivity index (χ4n) is 2.89. The largest absolute Gasteiger partial charge is 0.365 e. The molecule has 0 atom stereocenters. The van der Waals surface area contributed by atoms with Crippen LogP contribution in [0.15, 0.2) is 70.9 Å². The zero-order valence-corrected chi connectivity index (χ0v) is 15.0. The number of nitrogens with two attached hydrogens (primary N) is 2. The molecule has 5 N–H and O–H groups in total. The summed E-state index contributed by atoms with van der Waals surface area (Å²) in [7, 11) is 0. The average Bonchev–Trinajstić information content (AvgIpc) is 3.06. The van der Waals surface area contributed by atoms with E-state index in [2.05, 4.69) is 25.3 Å². The first-order valence-corrected chi connectivity index (χ1v) is 8.58. The highest BCUT2D eigenvalue weighted by atomic mass is 16.1. The molecule has 4 rings (SSSR count). The summed E-state index contributed by atoms with van der Waals surface area (Å²) in [6, 6.07) is 13.7. The maximum atomic E-state index is 11.7. The number of pyridine rings is 2. The molecule has 3 heterocycles. The zero-order valence-electron chi connectivity index (χ0n) is 15.0. The van der Waals surface area contributed by atoms with E-state index in [-0.39, 0.29) is 22.8 Å². The Morgan fingerprint density at radius 1 is 0.724 bits per heavy atom. The number of nitrogens with zero attached hydrogens (tertiary/aromatic N) is 4. The van der Waals surface area contributed by atoms with Gasteiger partial charge in [0.05, 0.1) is 11.1 Å². The number of amidine groups is 2. The summed E-state index contributed by atoms with van der Waals surface area (Å²) >= 11 is 0. The van der Waals surface area contributed by atoms with Gasteiger partial charge < -0.3 is 16.8 Å². The molecule has 0 unspecified atom stereocenters. The molecule has 9 nitrogen and oxygen atoms in total. The monoisotopic (exact) mass is 385 g/mol. The van der Waals surface area contributed by atoms with E-state index >= 15 is 0 Å². The lowest BCUT2D eigenvalue weighted by atomic mass is 10.1. The Morgan fingerprint density at radius 2 is 1.17 bits per heavy atom. The van der Waals surface area contributed by atoms with E-state index in [0.29, 0.717) is 11.7 Å². The van der Waals surface area contributed by atoms with Crippen molar-refractivity contribution in [3.8, 4) is 0 Å². The summed E-state index contributed by atoms with van der Waals surface area (Å²) < 4.78 is 0. The molecule has 0 saturated carbocycles. The van der Waals surface area contributed by atoms with Gasteiger partial charge in [-0.25, -0.2) is 20.0 Å². The van der Waals surface area contributed by atoms with Crippen molar-refractivity contribution in [2.45, 2.75) is 0 Å². The van der Waals surface area contributed by atoms with Crippen molar-refractivity contribution in [3.63, 3.8) is 0 Å². The van der Waals surface area contributed by atoms with Gasteiger partial charge in [0.25, 0.3) is 11.8 Å². The van der Waals surface area contributed by atoms with Crippen LogP contribution in [0.1, 0.15) is 31.8 Å². The normalized spacial score (nSPS) is 15.2. The predicted molar refractivity (Wildman–Crippen MR) is 107 cm³/mol. The first kappa shape index (κ1) is 18.0. The number of primary amides is 2. The predicted octanol–water partition coefficient (Wildman–Crippen LogP) is 1.43. The molecule has 0 spiro atoms. The molecule has 0 radical (unpaired) electrons. The van der Waals surface area contributed by atoms with Crippen molar-refractivity contribution >= 4 is 35.1 Å². The third-order valence-electron chi connectivity index (χ3n) is 4.21. The Bertz CT molecular complexity index is 1110. The van der Waals surface area contributed by atoms with Crippen molar-refractivity contribution in [3.05, 3.63) is 83.2 Å². The molecule has 0 bridgehead atoms. The molecule has 0 fully saturated rings. The van der Waals surface area contributed by atoms with Gasteiger partial charge in [0, 0.05) is 23.5 Å². The number of hydrogen-bond acceptors (Lipinski definition) is 6. The lowest BCUT2D eigenvalue weighted by Crippen LogP contribution is -2.23. The smallest absolute Gasteiger partial charge is 0.252 e. The molecule has 0 aliphatic carbocycles. The summed E-state index contributed by atoms with van der Waals surface area (Å²) in [6.07, 6.45) is 3.05. The minimum absolute atomic E-state index is 0.189. The molecule has 0 saturated heterocycles. The van der Waals surface area contributed by atoms with E-state index in [0.717, 1.165) is 11.1 Å². The van der Waals surface area contributed by atoms with Crippen LogP contribution in [0.25, 0.3) is 0 Å². The van der Waals surface area contributed by atoms with Crippen LogP contribution < -0.4 is 16.8 Å². The average molecular weight is 385 g/mol. The fourth-order valence-corrected chi connectivity index (χ4v) is 2.89. The molecule has 29 heavy (non-hydrogen) atoms. The van der Waals surface area contributed by atoms with E-state index in [1.807, 2.05) is 24.3 Å². The molecule has 142 valence electrons. The fraction of sp³-hybridized carbons (Fsp3) is 0. The number of aliphatic imine (C=N–C) groups is 2. The summed E-state index contributed by atoms with van der Waals surface area (Å²) in [5.41, 5.74) is 12.7. The highest BCUT2D eigenvalue weighted by Crippen LogP contribution is 2.24. The molecular formula is C20H15N7O2. The van der Waals surface area contributed by atoms with Gasteiger partial charge in [0.2, 0.25) is 0 Å². The van der Waals surface area contributed by atoms with Crippen LogP contribution in [0.3, 0.4) is 0 Å². The molecule has 3 aromatic rings. The van der Waals surface area contributed by atoms with Crippen LogP contribution in [0.5, 0.6) is 0 Å². The second kappa shape index (κ2) is 7.31. The third kappa shape index (κ3) is 3.44. The number of amides is 2. The molecule has 9 heteroatoms. The zero-order chi connectivity index (χ0) is 20.4. The number of nitrogens with one attached hydrogen (secondary N) is 1. The molecule has 1 aromatic carbocycles. The van der Waals surface area contributed by atoms with Crippen LogP contribution in [0, 0.1) is 0 Å². The second-order valence-corrected chi connectivity index (χ2v) is 6.07. The minimum atomic E-state index is -0.628. The first-order chi connectivity index (χ1) is 14.0. The summed E-state index contributed by atoms with van der Waals surface area (Å²) in [5, 5.41) is 3.10. The van der Waals surface area contributed by atoms with Gasteiger partial charge in [0.1, 0.15) is 11.7 Å². The van der Waals surface area contributed by atoms with Crippen molar-refractivity contribution in [1.82, 2.24) is 15.3 Å². The summed E-state index contributed by atoms with van der Waals surface area (Å²) in [6.45, 7) is 0. The SMILES string of the molecule is NC(=O)c1cccnc1/N=C1\N/C(=N/c2ncccc2C(N)=O)c2ccccc21. The van der Waals surface area contributed by atoms with E-state index in [1.165, 1.54) is 12.4 Å². The van der Waals surface area contributed by atoms with Gasteiger partial charge in [0.15, 0.2) is 11.6 Å². The first-order valence-electron chi connectivity index (χ1n) is 8.58. The van der Waals surface area contributed by atoms with Crippen LogP contribution in [-0.4, -0.2) is 33.5 Å². The van der Waals surface area contributed by atoms with E-state index in [9.17, 15) is 9.59 Å². The van der Waals surface area contributed by atoms with Crippen molar-refractivity contribution in [1.29, 1.82) is 0 Å². The molecule has 1 aliphatic rings. The van der Waals surface area contributed by atoms with Gasteiger partial charge in [-0.3, -0.25) is 9.59 Å². The maximum absolute atomic E-state index is 11.7. The molecular weight excluding hydrogens is 370 g/mol. The Balaban J connectivity index is 1.83. The third-order valence-corrected chi connectivity index (χ3v) is 4.21. The van der Waals surface area contributed by atoms with Crippen LogP contribution >= 0.6 is 0 Å². The van der Waals surface area contributed by atoms with Crippen molar-refractivity contribution < 1.29 is 9.59 Å². The number of carbonyl (C=O) groups excluding carboxylic acids is 2. The minimum Gasteiger partial charge on any atom is -0.365 e. The number of hydrogen-bond donors (Lipinski definition) is 3. The second-order valence-electron chi connectivity index (χ2n) is 6.07. The topological polar surface area (TPSA) is 149 Å². The highest BCUT2D eigenvalue weighted by Gasteiger charge is 2.24. The summed E-state index contributed by atoms with van der Waals surface area (Å²) in [4.78, 5) is 40.6. The number of aromatic nitrogens is 2. The molecule has 1 aliphatic heterocycles. The van der Waals surface area contributed by atoms with Crippen molar-refractivity contribution in [2.24, 2.45) is 21.5 Å². The van der Waals surface area contributed by atoms with Gasteiger partial charge in [-0.2, -0.15) is 0 Å². The van der Waals surface area contributed by atoms with E-state index in [4.69, 9.17) is 11.5 Å². The van der Waals surface area contributed by atoms with Crippen molar-refractivity contribution in [2.75, 3.05) is 0 Å². The van der Waals surface area contributed by atoms with Crippen LogP contribution in [0.4, 0.5) is 11.6 Å². The quantitative estimate of drug-likeness (QED) is 0.621. The Morgan fingerprint density at radius 3 is 1.59 bits per heavy atom. The molecule has 2 aromatic heterocycles. The number of benzene rings is 1. The van der Waals surface area contributed by atoms with E-state index < -0.39 is 11.8 Å². The summed E-state index contributed by atoms with van der Waals surface area (Å²) in [5.74, 6) is 0.00653. The number of rotatable bonds is 4.